The van der Waals surface area contributed by atoms with Crippen molar-refractivity contribution in [2.24, 2.45) is 0 Å². The Morgan fingerprint density at radius 3 is 2.55 bits per heavy atom. The second kappa shape index (κ2) is 7.95. The Hall–Kier alpha value is -0.370. The molecule has 0 radical (unpaired) electrons. The van der Waals surface area contributed by atoms with Crippen molar-refractivity contribution in [2.45, 2.75) is 11.3 Å². The Kier molecular flexibility index (Phi) is 6.49. The van der Waals surface area contributed by atoms with E-state index in [0.29, 0.717) is 11.6 Å². The van der Waals surface area contributed by atoms with E-state index >= 15 is 0 Å². The van der Waals surface area contributed by atoms with Crippen molar-refractivity contribution in [1.29, 1.82) is 0 Å². The van der Waals surface area contributed by atoms with Crippen LogP contribution in [-0.2, 0) is 10.0 Å². The molecule has 0 spiro atoms. The van der Waals surface area contributed by atoms with Crippen LogP contribution in [0.4, 0.5) is 0 Å². The summed E-state index contributed by atoms with van der Waals surface area (Å²) in [7, 11) is -1.51. The molecule has 1 N–H and O–H groups in total. The summed E-state index contributed by atoms with van der Waals surface area (Å²) in [5.41, 5.74) is 0. The van der Waals surface area contributed by atoms with E-state index in [1.165, 1.54) is 12.1 Å². The molecule has 0 aliphatic carbocycles. The van der Waals surface area contributed by atoms with Crippen LogP contribution in [0.2, 0.25) is 10.0 Å². The van der Waals surface area contributed by atoms with Crippen molar-refractivity contribution in [3.8, 4) is 0 Å². The van der Waals surface area contributed by atoms with Gasteiger partial charge in [0, 0.05) is 37.7 Å². The van der Waals surface area contributed by atoms with E-state index in [9.17, 15) is 8.42 Å². The lowest BCUT2D eigenvalue weighted by molar-refractivity contribution is 0.153. The third kappa shape index (κ3) is 5.08. The zero-order chi connectivity index (χ0) is 16.2. The van der Waals surface area contributed by atoms with E-state index < -0.39 is 10.0 Å². The van der Waals surface area contributed by atoms with Crippen LogP contribution in [0.15, 0.2) is 23.1 Å². The molecule has 0 amide bonds. The first-order valence-electron chi connectivity index (χ1n) is 7.24. The normalized spacial score (nSPS) is 17.8. The second-order valence-corrected chi connectivity index (χ2v) is 8.05. The van der Waals surface area contributed by atoms with E-state index in [2.05, 4.69) is 21.6 Å². The second-order valence-electron chi connectivity index (χ2n) is 5.47. The number of hydrogen-bond donors (Lipinski definition) is 1. The van der Waals surface area contributed by atoms with Gasteiger partial charge in [-0.3, -0.25) is 0 Å². The minimum absolute atomic E-state index is 0.0289. The molecule has 0 aromatic heterocycles. The molecule has 22 heavy (non-hydrogen) atoms. The summed E-state index contributed by atoms with van der Waals surface area (Å²) >= 11 is 11.8. The van der Waals surface area contributed by atoms with Crippen LogP contribution in [0.25, 0.3) is 0 Å². The highest BCUT2D eigenvalue weighted by molar-refractivity contribution is 7.89. The van der Waals surface area contributed by atoms with E-state index in [4.69, 9.17) is 23.2 Å². The molecule has 1 heterocycles. The number of benzene rings is 1. The summed E-state index contributed by atoms with van der Waals surface area (Å²) < 4.78 is 27.0. The minimum Gasteiger partial charge on any atom is -0.304 e. The van der Waals surface area contributed by atoms with Gasteiger partial charge in [-0.2, -0.15) is 0 Å². The first-order valence-corrected chi connectivity index (χ1v) is 9.48. The predicted octanol–water partition coefficient (Wildman–Crippen LogP) is 1.91. The fourth-order valence-electron chi connectivity index (χ4n) is 2.34. The summed E-state index contributed by atoms with van der Waals surface area (Å²) in [6.07, 6.45) is 0.765. The number of sulfonamides is 1. The molecule has 1 aliphatic rings. The van der Waals surface area contributed by atoms with E-state index in [0.717, 1.165) is 39.1 Å². The van der Waals surface area contributed by atoms with Crippen molar-refractivity contribution in [1.82, 2.24) is 14.5 Å². The zero-order valence-electron chi connectivity index (χ0n) is 12.6. The van der Waals surface area contributed by atoms with Gasteiger partial charge in [-0.25, -0.2) is 13.1 Å². The fourth-order valence-corrected chi connectivity index (χ4v) is 4.18. The van der Waals surface area contributed by atoms with Gasteiger partial charge in [-0.05, 0) is 38.2 Å². The molecule has 0 atom stereocenters. The van der Waals surface area contributed by atoms with E-state index in [-0.39, 0.29) is 9.92 Å². The number of nitrogens with zero attached hydrogens (tertiary/aromatic N) is 2. The van der Waals surface area contributed by atoms with Gasteiger partial charge in [0.05, 0.1) is 5.02 Å². The van der Waals surface area contributed by atoms with E-state index in [1.807, 2.05) is 0 Å². The summed E-state index contributed by atoms with van der Waals surface area (Å²) in [5.74, 6) is 0. The third-order valence-electron chi connectivity index (χ3n) is 3.72. The Balaban J connectivity index is 1.82. The molecular weight excluding hydrogens is 345 g/mol. The highest BCUT2D eigenvalue weighted by Crippen LogP contribution is 2.24. The summed E-state index contributed by atoms with van der Waals surface area (Å²) in [4.78, 5) is 4.67. The lowest BCUT2D eigenvalue weighted by Crippen LogP contribution is -2.45. The Morgan fingerprint density at radius 2 is 1.86 bits per heavy atom. The Labute approximate surface area is 142 Å². The molecule has 5 nitrogen and oxygen atoms in total. The summed E-state index contributed by atoms with van der Waals surface area (Å²) in [6, 6.07) is 4.42. The number of piperazine rings is 1. The first-order chi connectivity index (χ1) is 10.4. The molecular formula is C14H21Cl2N3O2S. The third-order valence-corrected chi connectivity index (χ3v) is 5.90. The maximum absolute atomic E-state index is 12.2. The molecule has 1 aromatic carbocycles. The van der Waals surface area contributed by atoms with Crippen LogP contribution >= 0.6 is 23.2 Å². The van der Waals surface area contributed by atoms with Gasteiger partial charge < -0.3 is 9.80 Å². The number of nitrogens with one attached hydrogen (secondary N) is 1. The Bertz CT molecular complexity index is 602. The number of hydrogen-bond acceptors (Lipinski definition) is 4. The highest BCUT2D eigenvalue weighted by atomic mass is 35.5. The quantitative estimate of drug-likeness (QED) is 0.782. The van der Waals surface area contributed by atoms with Gasteiger partial charge in [0.25, 0.3) is 0 Å². The number of halogens is 2. The van der Waals surface area contributed by atoms with Crippen molar-refractivity contribution in [3.63, 3.8) is 0 Å². The molecule has 0 bridgehead atoms. The topological polar surface area (TPSA) is 52.6 Å². The number of likely N-dealkylation sites (N-methyl/N-ethyl adjacent to an activating group) is 1. The fraction of sp³-hybridized carbons (Fsp3) is 0.571. The van der Waals surface area contributed by atoms with Crippen LogP contribution in [0.5, 0.6) is 0 Å². The first kappa shape index (κ1) is 18.0. The van der Waals surface area contributed by atoms with Crippen LogP contribution in [0, 0.1) is 0 Å². The summed E-state index contributed by atoms with van der Waals surface area (Å²) in [5, 5.41) is 0.526. The SMILES string of the molecule is CN1CCN(CCCNS(=O)(=O)c2cc(Cl)ccc2Cl)CC1. The standard InChI is InChI=1S/C14H21Cl2N3O2S/c1-18-7-9-19(10-8-18)6-2-5-17-22(20,21)14-11-12(15)3-4-13(14)16/h3-4,11,17H,2,5-10H2,1H3. The molecule has 2 rings (SSSR count). The van der Waals surface area contributed by atoms with Crippen LogP contribution in [-0.4, -0.2) is 64.5 Å². The van der Waals surface area contributed by atoms with Gasteiger partial charge in [0.1, 0.15) is 4.90 Å². The Morgan fingerprint density at radius 1 is 1.18 bits per heavy atom. The van der Waals surface area contributed by atoms with Crippen LogP contribution in [0.1, 0.15) is 6.42 Å². The zero-order valence-corrected chi connectivity index (χ0v) is 14.9. The molecule has 124 valence electrons. The minimum atomic E-state index is -3.62. The average molecular weight is 366 g/mol. The van der Waals surface area contributed by atoms with Crippen LogP contribution < -0.4 is 4.72 Å². The maximum atomic E-state index is 12.2. The molecule has 0 saturated carbocycles. The van der Waals surface area contributed by atoms with Gasteiger partial charge in [0.15, 0.2) is 0 Å². The highest BCUT2D eigenvalue weighted by Gasteiger charge is 2.18. The van der Waals surface area contributed by atoms with Crippen molar-refractivity contribution in [2.75, 3.05) is 46.3 Å². The van der Waals surface area contributed by atoms with Gasteiger partial charge in [0.2, 0.25) is 10.0 Å². The molecule has 1 aromatic rings. The maximum Gasteiger partial charge on any atom is 0.242 e. The lowest BCUT2D eigenvalue weighted by atomic mass is 10.3. The lowest BCUT2D eigenvalue weighted by Gasteiger charge is -2.32. The van der Waals surface area contributed by atoms with Crippen LogP contribution in [0.3, 0.4) is 0 Å². The summed E-state index contributed by atoms with van der Waals surface area (Å²) in [6.45, 7) is 5.46. The molecule has 1 saturated heterocycles. The average Bonchev–Trinajstić information content (AvgIpc) is 2.48. The van der Waals surface area contributed by atoms with E-state index in [1.54, 1.807) is 6.07 Å². The predicted molar refractivity (Wildman–Crippen MR) is 90.2 cm³/mol. The largest absolute Gasteiger partial charge is 0.304 e. The molecule has 1 fully saturated rings. The van der Waals surface area contributed by atoms with Crippen molar-refractivity contribution < 1.29 is 8.42 Å². The van der Waals surface area contributed by atoms with Gasteiger partial charge in [-0.1, -0.05) is 23.2 Å². The van der Waals surface area contributed by atoms with Gasteiger partial charge >= 0.3 is 0 Å². The van der Waals surface area contributed by atoms with Crippen molar-refractivity contribution in [3.05, 3.63) is 28.2 Å². The van der Waals surface area contributed by atoms with Gasteiger partial charge in [-0.15, -0.1) is 0 Å². The monoisotopic (exact) mass is 365 g/mol. The van der Waals surface area contributed by atoms with Crippen molar-refractivity contribution >= 4 is 33.2 Å². The molecule has 0 unspecified atom stereocenters. The molecule has 8 heteroatoms. The number of rotatable bonds is 6. The smallest absolute Gasteiger partial charge is 0.242 e. The molecule has 1 aliphatic heterocycles.